The van der Waals surface area contributed by atoms with E-state index in [9.17, 15) is 4.79 Å². The summed E-state index contributed by atoms with van der Waals surface area (Å²) >= 11 is 4.99. The van der Waals surface area contributed by atoms with Crippen LogP contribution in [0.25, 0.3) is 5.69 Å². The zero-order valence-corrected chi connectivity index (χ0v) is 9.10. The molecule has 2 rings (SSSR count). The second-order valence-corrected chi connectivity index (χ2v) is 3.60. The van der Waals surface area contributed by atoms with Crippen molar-refractivity contribution in [2.45, 2.75) is 13.3 Å². The van der Waals surface area contributed by atoms with E-state index in [1.807, 2.05) is 24.3 Å². The Labute approximate surface area is 91.6 Å². The lowest BCUT2D eigenvalue weighted by Crippen LogP contribution is -2.14. The van der Waals surface area contributed by atoms with Crippen molar-refractivity contribution in [3.05, 3.63) is 45.1 Å². The van der Waals surface area contributed by atoms with Crippen molar-refractivity contribution in [1.82, 2.24) is 14.8 Å². The standard InChI is InChI=1S/C10H11N3OS/c1-2-7-3-5-8(6-4-7)13-9(14)11-12-10(13)15/h3-6H,2H2,1H3,(H,11,14)(H,12,15). The van der Waals surface area contributed by atoms with Gasteiger partial charge >= 0.3 is 5.69 Å². The molecule has 0 atom stereocenters. The number of benzene rings is 1. The highest BCUT2D eigenvalue weighted by Crippen LogP contribution is 2.08. The fourth-order valence-corrected chi connectivity index (χ4v) is 1.67. The third kappa shape index (κ3) is 1.78. The van der Waals surface area contributed by atoms with Crippen LogP contribution in [-0.4, -0.2) is 14.8 Å². The first-order valence-electron chi connectivity index (χ1n) is 4.71. The minimum atomic E-state index is -0.246. The van der Waals surface area contributed by atoms with Crippen molar-refractivity contribution < 1.29 is 0 Å². The summed E-state index contributed by atoms with van der Waals surface area (Å²) in [5, 5.41) is 5.05. The van der Waals surface area contributed by atoms with Crippen molar-refractivity contribution in [1.29, 1.82) is 0 Å². The average Bonchev–Trinajstić information content (AvgIpc) is 2.59. The van der Waals surface area contributed by atoms with Crippen LogP contribution in [0.15, 0.2) is 29.1 Å². The van der Waals surface area contributed by atoms with Gasteiger partial charge < -0.3 is 0 Å². The van der Waals surface area contributed by atoms with Crippen molar-refractivity contribution >= 4 is 12.2 Å². The molecule has 0 bridgehead atoms. The maximum absolute atomic E-state index is 11.4. The Kier molecular flexibility index (Phi) is 2.55. The predicted molar refractivity (Wildman–Crippen MR) is 61.0 cm³/mol. The fraction of sp³-hybridized carbons (Fsp3) is 0.200. The van der Waals surface area contributed by atoms with Crippen LogP contribution < -0.4 is 5.69 Å². The van der Waals surface area contributed by atoms with Crippen LogP contribution >= 0.6 is 12.2 Å². The van der Waals surface area contributed by atoms with Gasteiger partial charge in [0.1, 0.15) is 0 Å². The molecule has 1 aromatic carbocycles. The van der Waals surface area contributed by atoms with Crippen LogP contribution in [0.1, 0.15) is 12.5 Å². The molecule has 0 saturated heterocycles. The molecule has 0 amide bonds. The number of aromatic amines is 2. The largest absolute Gasteiger partial charge is 0.347 e. The Morgan fingerprint density at radius 1 is 1.27 bits per heavy atom. The van der Waals surface area contributed by atoms with E-state index in [-0.39, 0.29) is 5.69 Å². The first-order chi connectivity index (χ1) is 7.22. The zero-order valence-electron chi connectivity index (χ0n) is 8.28. The van der Waals surface area contributed by atoms with Crippen LogP contribution in [0.3, 0.4) is 0 Å². The van der Waals surface area contributed by atoms with Gasteiger partial charge in [0.05, 0.1) is 5.69 Å². The van der Waals surface area contributed by atoms with Crippen LogP contribution in [0.2, 0.25) is 0 Å². The maximum atomic E-state index is 11.4. The summed E-state index contributed by atoms with van der Waals surface area (Å²) in [6.45, 7) is 2.09. The van der Waals surface area contributed by atoms with Gasteiger partial charge in [-0.25, -0.2) is 14.5 Å². The molecule has 1 heterocycles. The van der Waals surface area contributed by atoms with Gasteiger partial charge in [0.25, 0.3) is 0 Å². The van der Waals surface area contributed by atoms with Gasteiger partial charge in [-0.1, -0.05) is 19.1 Å². The second-order valence-electron chi connectivity index (χ2n) is 3.22. The number of nitrogens with one attached hydrogen (secondary N) is 2. The highest BCUT2D eigenvalue weighted by Gasteiger charge is 2.02. The monoisotopic (exact) mass is 221 g/mol. The smallest absolute Gasteiger partial charge is 0.272 e. The predicted octanol–water partition coefficient (Wildman–Crippen LogP) is 1.79. The highest BCUT2D eigenvalue weighted by atomic mass is 32.1. The van der Waals surface area contributed by atoms with Crippen LogP contribution in [-0.2, 0) is 6.42 Å². The molecule has 4 nitrogen and oxygen atoms in total. The maximum Gasteiger partial charge on any atom is 0.347 e. The molecule has 0 aliphatic rings. The van der Waals surface area contributed by atoms with Crippen LogP contribution in [0.5, 0.6) is 0 Å². The van der Waals surface area contributed by atoms with Crippen LogP contribution in [0, 0.1) is 4.77 Å². The Balaban J connectivity index is 2.55. The molecule has 15 heavy (non-hydrogen) atoms. The summed E-state index contributed by atoms with van der Waals surface area (Å²) in [7, 11) is 0. The number of rotatable bonds is 2. The molecule has 1 aromatic heterocycles. The lowest BCUT2D eigenvalue weighted by molar-refractivity contribution is 0.972. The van der Waals surface area contributed by atoms with Crippen molar-refractivity contribution in [3.8, 4) is 5.69 Å². The van der Waals surface area contributed by atoms with Crippen molar-refractivity contribution in [2.75, 3.05) is 0 Å². The van der Waals surface area contributed by atoms with Crippen molar-refractivity contribution in [3.63, 3.8) is 0 Å². The van der Waals surface area contributed by atoms with E-state index in [0.29, 0.717) is 4.77 Å². The summed E-state index contributed by atoms with van der Waals surface area (Å²) in [4.78, 5) is 11.4. The minimum absolute atomic E-state index is 0.246. The molecule has 0 aliphatic heterocycles. The fourth-order valence-electron chi connectivity index (χ4n) is 1.43. The van der Waals surface area contributed by atoms with E-state index in [0.717, 1.165) is 12.1 Å². The molecule has 0 radical (unpaired) electrons. The number of aryl methyl sites for hydroxylation is 1. The quantitative estimate of drug-likeness (QED) is 0.759. The van der Waals surface area contributed by atoms with Gasteiger partial charge in [-0.2, -0.15) is 0 Å². The average molecular weight is 221 g/mol. The Bertz CT molecular complexity index is 534. The van der Waals surface area contributed by atoms with E-state index in [2.05, 4.69) is 17.1 Å². The highest BCUT2D eigenvalue weighted by molar-refractivity contribution is 7.71. The number of H-pyrrole nitrogens is 2. The molecule has 2 aromatic rings. The summed E-state index contributed by atoms with van der Waals surface area (Å²) in [6.07, 6.45) is 0.981. The molecule has 0 spiro atoms. The van der Waals surface area contributed by atoms with Crippen LogP contribution in [0.4, 0.5) is 0 Å². The van der Waals surface area contributed by atoms with Gasteiger partial charge in [0, 0.05) is 0 Å². The number of aromatic nitrogens is 3. The molecule has 78 valence electrons. The van der Waals surface area contributed by atoms with Gasteiger partial charge in [-0.3, -0.25) is 5.10 Å². The van der Waals surface area contributed by atoms with Crippen molar-refractivity contribution in [2.24, 2.45) is 0 Å². The van der Waals surface area contributed by atoms with E-state index >= 15 is 0 Å². The van der Waals surface area contributed by atoms with Gasteiger partial charge in [-0.15, -0.1) is 0 Å². The molecule has 0 aliphatic carbocycles. The van der Waals surface area contributed by atoms with E-state index in [1.54, 1.807) is 0 Å². The Morgan fingerprint density at radius 2 is 1.93 bits per heavy atom. The first-order valence-corrected chi connectivity index (χ1v) is 5.12. The molecular weight excluding hydrogens is 210 g/mol. The Hall–Kier alpha value is -1.62. The second kappa shape index (κ2) is 3.86. The lowest BCUT2D eigenvalue weighted by Gasteiger charge is -2.01. The SMILES string of the molecule is CCc1ccc(-n2c(=O)[nH][nH]c2=S)cc1. The topological polar surface area (TPSA) is 53.6 Å². The number of hydrogen-bond donors (Lipinski definition) is 2. The van der Waals surface area contributed by atoms with Gasteiger partial charge in [-0.05, 0) is 36.3 Å². The number of nitrogens with zero attached hydrogens (tertiary/aromatic N) is 1. The third-order valence-electron chi connectivity index (χ3n) is 2.29. The van der Waals surface area contributed by atoms with E-state index in [1.165, 1.54) is 10.1 Å². The first kappa shape index (κ1) is 9.92. The van der Waals surface area contributed by atoms with Gasteiger partial charge in [0.15, 0.2) is 0 Å². The zero-order chi connectivity index (χ0) is 10.8. The molecule has 0 saturated carbocycles. The summed E-state index contributed by atoms with van der Waals surface area (Å²) in [5.74, 6) is 0. The molecule has 5 heteroatoms. The minimum Gasteiger partial charge on any atom is -0.272 e. The normalized spacial score (nSPS) is 10.5. The van der Waals surface area contributed by atoms with E-state index < -0.39 is 0 Å². The summed E-state index contributed by atoms with van der Waals surface area (Å²) < 4.78 is 1.80. The van der Waals surface area contributed by atoms with Gasteiger partial charge in [0.2, 0.25) is 4.77 Å². The molecule has 2 N–H and O–H groups in total. The lowest BCUT2D eigenvalue weighted by atomic mass is 10.1. The van der Waals surface area contributed by atoms with E-state index in [4.69, 9.17) is 12.2 Å². The molecule has 0 unspecified atom stereocenters. The summed E-state index contributed by atoms with van der Waals surface area (Å²) in [5.41, 5.74) is 1.76. The third-order valence-corrected chi connectivity index (χ3v) is 2.57. The number of hydrogen-bond acceptors (Lipinski definition) is 2. The summed E-state index contributed by atoms with van der Waals surface area (Å²) in [6, 6.07) is 7.75. The molecule has 0 fully saturated rings. The molecular formula is C10H11N3OS. The Morgan fingerprint density at radius 3 is 2.40 bits per heavy atom.